The predicted octanol–water partition coefficient (Wildman–Crippen LogP) is 4.46. The van der Waals surface area contributed by atoms with Crippen molar-refractivity contribution in [1.29, 1.82) is 0 Å². The highest BCUT2D eigenvalue weighted by Crippen LogP contribution is 2.20. The van der Waals surface area contributed by atoms with Crippen LogP contribution in [0, 0.1) is 6.92 Å². The van der Waals surface area contributed by atoms with E-state index in [1.807, 2.05) is 73.7 Å². The van der Waals surface area contributed by atoms with Gasteiger partial charge in [-0.2, -0.15) is 4.99 Å². The summed E-state index contributed by atoms with van der Waals surface area (Å²) in [7, 11) is 0. The lowest BCUT2D eigenvalue weighted by atomic mass is 10.1. The molecule has 0 unspecified atom stereocenters. The van der Waals surface area contributed by atoms with Crippen molar-refractivity contribution in [3.05, 3.63) is 84.4 Å². The molecule has 0 saturated carbocycles. The average molecular weight is 380 g/mol. The Morgan fingerprint density at radius 2 is 1.37 bits per heavy atom. The first-order valence-electron chi connectivity index (χ1n) is 8.28. The molecular weight excluding hydrogens is 358 g/mol. The predicted molar refractivity (Wildman–Crippen MR) is 117 cm³/mol. The number of nitrogens with one attached hydrogen (secondary N) is 1. The Bertz CT molecular complexity index is 917. The van der Waals surface area contributed by atoms with Gasteiger partial charge in [-0.1, -0.05) is 60.2 Å². The van der Waals surface area contributed by atoms with Gasteiger partial charge in [0.2, 0.25) is 11.9 Å². The molecule has 0 aliphatic rings. The standard InChI is InChI=1S/C21H21N5.ClH/c1-15-7-11-18(12-8-15)24-20(22)26-21(23)25-19-13-9-17(10-14-19)16-5-3-2-4-6-16;/h2-14H,1H3,(H5,22,23,24,25,26);1H. The second-order valence-corrected chi connectivity index (χ2v) is 5.87. The van der Waals surface area contributed by atoms with Crippen molar-refractivity contribution in [3.63, 3.8) is 0 Å². The zero-order valence-electron chi connectivity index (χ0n) is 15.0. The molecule has 0 aliphatic carbocycles. The third-order valence-corrected chi connectivity index (χ3v) is 3.78. The minimum atomic E-state index is 0. The number of hydrogen-bond donors (Lipinski definition) is 3. The summed E-state index contributed by atoms with van der Waals surface area (Å²) < 4.78 is 0. The molecule has 0 saturated heterocycles. The van der Waals surface area contributed by atoms with Crippen LogP contribution in [0.3, 0.4) is 0 Å². The monoisotopic (exact) mass is 379 g/mol. The number of aryl methyl sites for hydroxylation is 1. The van der Waals surface area contributed by atoms with E-state index >= 15 is 0 Å². The number of nitrogens with two attached hydrogens (primary N) is 2. The molecule has 0 fully saturated rings. The maximum absolute atomic E-state index is 5.91. The lowest BCUT2D eigenvalue weighted by Gasteiger charge is -2.07. The summed E-state index contributed by atoms with van der Waals surface area (Å²) in [6, 6.07) is 25.8. The van der Waals surface area contributed by atoms with Crippen LogP contribution in [0.1, 0.15) is 5.56 Å². The maximum atomic E-state index is 5.91. The molecule has 0 spiro atoms. The minimum absolute atomic E-state index is 0. The van der Waals surface area contributed by atoms with Gasteiger partial charge >= 0.3 is 0 Å². The van der Waals surface area contributed by atoms with Crippen LogP contribution >= 0.6 is 12.4 Å². The van der Waals surface area contributed by atoms with Gasteiger partial charge in [0, 0.05) is 5.69 Å². The van der Waals surface area contributed by atoms with Crippen LogP contribution in [-0.4, -0.2) is 11.9 Å². The summed E-state index contributed by atoms with van der Waals surface area (Å²) in [6.07, 6.45) is 0. The van der Waals surface area contributed by atoms with E-state index in [2.05, 4.69) is 27.4 Å². The molecule has 3 rings (SSSR count). The van der Waals surface area contributed by atoms with Crippen molar-refractivity contribution in [2.45, 2.75) is 6.92 Å². The fourth-order valence-corrected chi connectivity index (χ4v) is 2.45. The van der Waals surface area contributed by atoms with E-state index in [0.29, 0.717) is 0 Å². The SMILES string of the molecule is Cc1ccc(N=C(N)N=C(N)Nc2ccc(-c3ccccc3)cc2)cc1.Cl. The van der Waals surface area contributed by atoms with E-state index in [9.17, 15) is 0 Å². The van der Waals surface area contributed by atoms with E-state index in [1.165, 1.54) is 0 Å². The van der Waals surface area contributed by atoms with Crippen LogP contribution in [0.5, 0.6) is 0 Å². The maximum Gasteiger partial charge on any atom is 0.223 e. The highest BCUT2D eigenvalue weighted by atomic mass is 35.5. The van der Waals surface area contributed by atoms with Gasteiger partial charge in [-0.25, -0.2) is 4.99 Å². The molecular formula is C21H22ClN5. The van der Waals surface area contributed by atoms with Crippen LogP contribution in [0.25, 0.3) is 11.1 Å². The molecule has 0 bridgehead atoms. The van der Waals surface area contributed by atoms with E-state index in [-0.39, 0.29) is 24.3 Å². The molecule has 0 heterocycles. The molecule has 6 heteroatoms. The van der Waals surface area contributed by atoms with Gasteiger partial charge in [-0.15, -0.1) is 12.4 Å². The zero-order chi connectivity index (χ0) is 18.4. The summed E-state index contributed by atoms with van der Waals surface area (Å²) in [5, 5.41) is 3.01. The van der Waals surface area contributed by atoms with Crippen LogP contribution < -0.4 is 16.8 Å². The average Bonchev–Trinajstić information content (AvgIpc) is 2.65. The van der Waals surface area contributed by atoms with E-state index in [4.69, 9.17) is 11.5 Å². The van der Waals surface area contributed by atoms with Crippen molar-refractivity contribution in [2.24, 2.45) is 21.5 Å². The van der Waals surface area contributed by atoms with Gasteiger partial charge in [0.1, 0.15) is 0 Å². The second-order valence-electron chi connectivity index (χ2n) is 5.87. The first-order chi connectivity index (χ1) is 12.6. The molecule has 0 radical (unpaired) electrons. The van der Waals surface area contributed by atoms with Crippen LogP contribution in [0.2, 0.25) is 0 Å². The van der Waals surface area contributed by atoms with Gasteiger partial charge in [-0.05, 0) is 42.3 Å². The summed E-state index contributed by atoms with van der Waals surface area (Å²) in [6.45, 7) is 2.01. The Morgan fingerprint density at radius 3 is 2.00 bits per heavy atom. The van der Waals surface area contributed by atoms with Crippen molar-refractivity contribution >= 4 is 35.7 Å². The van der Waals surface area contributed by atoms with Gasteiger partial charge in [-0.3, -0.25) is 0 Å². The van der Waals surface area contributed by atoms with Crippen LogP contribution in [0.15, 0.2) is 88.8 Å². The van der Waals surface area contributed by atoms with Crippen molar-refractivity contribution in [3.8, 4) is 11.1 Å². The number of rotatable bonds is 3. The molecule has 138 valence electrons. The largest absolute Gasteiger partial charge is 0.369 e. The molecule has 0 aromatic heterocycles. The van der Waals surface area contributed by atoms with Gasteiger partial charge in [0.15, 0.2) is 0 Å². The highest BCUT2D eigenvalue weighted by Gasteiger charge is 2.00. The Kier molecular flexibility index (Phi) is 6.97. The number of hydrogen-bond acceptors (Lipinski definition) is 1. The van der Waals surface area contributed by atoms with Gasteiger partial charge in [0.25, 0.3) is 0 Å². The smallest absolute Gasteiger partial charge is 0.223 e. The topological polar surface area (TPSA) is 88.8 Å². The Labute approximate surface area is 165 Å². The van der Waals surface area contributed by atoms with E-state index < -0.39 is 0 Å². The number of aliphatic imine (C=N–C) groups is 2. The van der Waals surface area contributed by atoms with Crippen molar-refractivity contribution in [1.82, 2.24) is 0 Å². The van der Waals surface area contributed by atoms with Gasteiger partial charge in [0.05, 0.1) is 5.69 Å². The molecule has 3 aromatic rings. The summed E-state index contributed by atoms with van der Waals surface area (Å²) in [5.41, 5.74) is 16.8. The highest BCUT2D eigenvalue weighted by molar-refractivity contribution is 6.01. The molecule has 0 atom stereocenters. The van der Waals surface area contributed by atoms with Crippen molar-refractivity contribution in [2.75, 3.05) is 5.32 Å². The lowest BCUT2D eigenvalue weighted by Crippen LogP contribution is -2.26. The fourth-order valence-electron chi connectivity index (χ4n) is 2.45. The third kappa shape index (κ3) is 5.87. The van der Waals surface area contributed by atoms with Crippen LogP contribution in [-0.2, 0) is 0 Å². The molecule has 0 aliphatic heterocycles. The third-order valence-electron chi connectivity index (χ3n) is 3.78. The second kappa shape index (κ2) is 9.40. The number of anilines is 1. The Hall–Kier alpha value is -3.31. The minimum Gasteiger partial charge on any atom is -0.369 e. The Balaban J connectivity index is 0.00000261. The summed E-state index contributed by atoms with van der Waals surface area (Å²) in [5.74, 6) is 0.283. The molecule has 5 N–H and O–H groups in total. The van der Waals surface area contributed by atoms with Crippen LogP contribution in [0.4, 0.5) is 11.4 Å². The first kappa shape index (κ1) is 20.0. The zero-order valence-corrected chi connectivity index (χ0v) is 15.8. The first-order valence-corrected chi connectivity index (χ1v) is 8.28. The fraction of sp³-hybridized carbons (Fsp3) is 0.0476. The van der Waals surface area contributed by atoms with E-state index in [1.54, 1.807) is 0 Å². The van der Waals surface area contributed by atoms with Crippen molar-refractivity contribution < 1.29 is 0 Å². The summed E-state index contributed by atoms with van der Waals surface area (Å²) in [4.78, 5) is 8.30. The summed E-state index contributed by atoms with van der Waals surface area (Å²) >= 11 is 0. The molecule has 5 nitrogen and oxygen atoms in total. The number of guanidine groups is 2. The Morgan fingerprint density at radius 1 is 0.778 bits per heavy atom. The molecule has 3 aromatic carbocycles. The normalized spacial score (nSPS) is 11.6. The number of halogens is 1. The van der Waals surface area contributed by atoms with Gasteiger partial charge < -0.3 is 16.8 Å². The lowest BCUT2D eigenvalue weighted by molar-refractivity contribution is 1.37. The molecule has 0 amide bonds. The number of nitrogens with zero attached hydrogens (tertiary/aromatic N) is 2. The quantitative estimate of drug-likeness (QED) is 0.463. The van der Waals surface area contributed by atoms with E-state index in [0.717, 1.165) is 28.1 Å². The molecule has 27 heavy (non-hydrogen) atoms. The number of benzene rings is 3.